The largest absolute Gasteiger partial charge is 0.416 e. The maximum atomic E-state index is 12.4. The highest BCUT2D eigenvalue weighted by Crippen LogP contribution is 2.29. The summed E-state index contributed by atoms with van der Waals surface area (Å²) in [5.41, 5.74) is 0.117. The van der Waals surface area contributed by atoms with Crippen LogP contribution in [0.2, 0.25) is 0 Å². The number of alkyl halides is 3. The minimum atomic E-state index is -4.29. The highest BCUT2D eigenvalue weighted by atomic mass is 79.9. The highest BCUT2D eigenvalue weighted by molar-refractivity contribution is 9.10. The first-order valence-electron chi connectivity index (χ1n) is 5.48. The van der Waals surface area contributed by atoms with Gasteiger partial charge >= 0.3 is 6.18 Å². The van der Waals surface area contributed by atoms with E-state index in [4.69, 9.17) is 0 Å². The first-order valence-corrected chi connectivity index (χ1v) is 6.27. The van der Waals surface area contributed by atoms with Gasteiger partial charge in [-0.05, 0) is 45.8 Å². The van der Waals surface area contributed by atoms with Gasteiger partial charge in [0.15, 0.2) is 0 Å². The van der Waals surface area contributed by atoms with Gasteiger partial charge in [0.2, 0.25) is 0 Å². The Labute approximate surface area is 116 Å². The Bertz CT molecular complexity index is 553. The molecule has 2 rings (SSSR count). The molecule has 1 heterocycles. The standard InChI is InChI=1S/C13H10BrF3N2/c14-11-2-1-3-12(19-11)18-8-9-4-6-10(7-5-9)13(15,16)17/h1-7H,8H2,(H,18,19). The van der Waals surface area contributed by atoms with Gasteiger partial charge in [-0.2, -0.15) is 13.2 Å². The number of nitrogens with zero attached hydrogens (tertiary/aromatic N) is 1. The molecule has 0 radical (unpaired) electrons. The molecule has 0 amide bonds. The van der Waals surface area contributed by atoms with Crippen LogP contribution in [0.25, 0.3) is 0 Å². The molecule has 0 spiro atoms. The molecular weight excluding hydrogens is 321 g/mol. The Hall–Kier alpha value is -1.56. The summed E-state index contributed by atoms with van der Waals surface area (Å²) in [5.74, 6) is 0.661. The van der Waals surface area contributed by atoms with E-state index in [9.17, 15) is 13.2 Å². The molecule has 0 atom stereocenters. The molecule has 0 aliphatic rings. The Balaban J connectivity index is 2.01. The van der Waals surface area contributed by atoms with Gasteiger partial charge in [-0.25, -0.2) is 4.98 Å². The van der Waals surface area contributed by atoms with Crippen LogP contribution >= 0.6 is 15.9 Å². The Morgan fingerprint density at radius 1 is 1.05 bits per heavy atom. The lowest BCUT2D eigenvalue weighted by atomic mass is 10.1. The molecule has 1 aromatic heterocycles. The molecule has 0 saturated carbocycles. The first-order chi connectivity index (χ1) is 8.95. The van der Waals surface area contributed by atoms with Gasteiger partial charge in [0.25, 0.3) is 0 Å². The SMILES string of the molecule is FC(F)(F)c1ccc(CNc2cccc(Br)n2)cc1. The maximum Gasteiger partial charge on any atom is 0.416 e. The number of pyridine rings is 1. The first kappa shape index (κ1) is 13.9. The van der Waals surface area contributed by atoms with Crippen LogP contribution in [-0.4, -0.2) is 4.98 Å². The molecule has 0 saturated heterocycles. The predicted octanol–water partition coefficient (Wildman–Crippen LogP) is 4.48. The molecule has 2 nitrogen and oxygen atoms in total. The summed E-state index contributed by atoms with van der Waals surface area (Å²) in [4.78, 5) is 4.17. The van der Waals surface area contributed by atoms with Gasteiger partial charge in [0.05, 0.1) is 5.56 Å². The number of halogens is 4. The van der Waals surface area contributed by atoms with Gasteiger partial charge in [0, 0.05) is 6.54 Å². The summed E-state index contributed by atoms with van der Waals surface area (Å²) in [6.07, 6.45) is -4.29. The van der Waals surface area contributed by atoms with E-state index in [-0.39, 0.29) is 0 Å². The van der Waals surface area contributed by atoms with Gasteiger partial charge in [-0.1, -0.05) is 18.2 Å². The summed E-state index contributed by atoms with van der Waals surface area (Å²) in [7, 11) is 0. The van der Waals surface area contributed by atoms with Crippen LogP contribution in [0.15, 0.2) is 47.1 Å². The van der Waals surface area contributed by atoms with E-state index < -0.39 is 11.7 Å². The zero-order valence-corrected chi connectivity index (χ0v) is 11.3. The van der Waals surface area contributed by atoms with Crippen LogP contribution in [0.4, 0.5) is 19.0 Å². The molecular formula is C13H10BrF3N2. The summed E-state index contributed by atoms with van der Waals surface area (Å²) in [6.45, 7) is 0.418. The molecule has 0 aliphatic carbocycles. The van der Waals surface area contributed by atoms with Crippen molar-refractivity contribution in [2.75, 3.05) is 5.32 Å². The van der Waals surface area contributed by atoms with Crippen molar-refractivity contribution in [3.63, 3.8) is 0 Å². The number of hydrogen-bond acceptors (Lipinski definition) is 2. The summed E-state index contributed by atoms with van der Waals surface area (Å²) in [5, 5.41) is 3.04. The van der Waals surface area contributed by atoms with Gasteiger partial charge in [0.1, 0.15) is 10.4 Å². The summed E-state index contributed by atoms with van der Waals surface area (Å²) < 4.78 is 37.9. The number of hydrogen-bond donors (Lipinski definition) is 1. The van der Waals surface area contributed by atoms with Crippen LogP contribution < -0.4 is 5.32 Å². The van der Waals surface area contributed by atoms with E-state index in [0.717, 1.165) is 17.7 Å². The van der Waals surface area contributed by atoms with Crippen molar-refractivity contribution >= 4 is 21.7 Å². The molecule has 1 aromatic carbocycles. The molecule has 6 heteroatoms. The molecule has 100 valence electrons. The number of nitrogens with one attached hydrogen (secondary N) is 1. The third-order valence-corrected chi connectivity index (χ3v) is 2.91. The van der Waals surface area contributed by atoms with Gasteiger partial charge in [-0.3, -0.25) is 0 Å². The van der Waals surface area contributed by atoms with Crippen molar-refractivity contribution in [1.29, 1.82) is 0 Å². The van der Waals surface area contributed by atoms with Crippen molar-refractivity contribution < 1.29 is 13.2 Å². The molecule has 2 aromatic rings. The molecule has 0 aliphatic heterocycles. The molecule has 1 N–H and O–H groups in total. The van der Waals surface area contributed by atoms with E-state index in [0.29, 0.717) is 17.0 Å². The number of anilines is 1. The Kier molecular flexibility index (Phi) is 4.09. The van der Waals surface area contributed by atoms with Crippen LogP contribution in [0.1, 0.15) is 11.1 Å². The zero-order chi connectivity index (χ0) is 13.9. The maximum absolute atomic E-state index is 12.4. The zero-order valence-electron chi connectivity index (χ0n) is 9.71. The second-order valence-electron chi connectivity index (χ2n) is 3.89. The Morgan fingerprint density at radius 2 is 1.74 bits per heavy atom. The van der Waals surface area contributed by atoms with Crippen molar-refractivity contribution in [1.82, 2.24) is 4.98 Å². The summed E-state index contributed by atoms with van der Waals surface area (Å²) >= 11 is 3.24. The fraction of sp³-hybridized carbons (Fsp3) is 0.154. The molecule has 19 heavy (non-hydrogen) atoms. The average molecular weight is 331 g/mol. The lowest BCUT2D eigenvalue weighted by Gasteiger charge is -2.09. The second kappa shape index (κ2) is 5.61. The molecule has 0 unspecified atom stereocenters. The van der Waals surface area contributed by atoms with Crippen molar-refractivity contribution in [2.24, 2.45) is 0 Å². The third-order valence-electron chi connectivity index (χ3n) is 2.47. The van der Waals surface area contributed by atoms with Gasteiger partial charge in [-0.15, -0.1) is 0 Å². The predicted molar refractivity (Wildman–Crippen MR) is 70.7 cm³/mol. The smallest absolute Gasteiger partial charge is 0.366 e. The number of aromatic nitrogens is 1. The van der Waals surface area contributed by atoms with Crippen LogP contribution in [-0.2, 0) is 12.7 Å². The summed E-state index contributed by atoms with van der Waals surface area (Å²) in [6, 6.07) is 10.5. The highest BCUT2D eigenvalue weighted by Gasteiger charge is 2.29. The molecule has 0 bridgehead atoms. The monoisotopic (exact) mass is 330 g/mol. The lowest BCUT2D eigenvalue weighted by molar-refractivity contribution is -0.137. The normalized spacial score (nSPS) is 11.4. The third kappa shape index (κ3) is 3.96. The van der Waals surface area contributed by atoms with Crippen molar-refractivity contribution in [3.05, 3.63) is 58.2 Å². The minimum Gasteiger partial charge on any atom is -0.366 e. The lowest BCUT2D eigenvalue weighted by Crippen LogP contribution is -2.06. The van der Waals surface area contributed by atoms with E-state index >= 15 is 0 Å². The fourth-order valence-electron chi connectivity index (χ4n) is 1.51. The average Bonchev–Trinajstić information content (AvgIpc) is 2.36. The topological polar surface area (TPSA) is 24.9 Å². The number of rotatable bonds is 3. The van der Waals surface area contributed by atoms with E-state index in [1.54, 1.807) is 12.1 Å². The quantitative estimate of drug-likeness (QED) is 0.839. The van der Waals surface area contributed by atoms with Crippen LogP contribution in [0.5, 0.6) is 0 Å². The van der Waals surface area contributed by atoms with E-state index in [2.05, 4.69) is 26.2 Å². The Morgan fingerprint density at radius 3 is 2.32 bits per heavy atom. The van der Waals surface area contributed by atoms with Crippen LogP contribution in [0, 0.1) is 0 Å². The van der Waals surface area contributed by atoms with Gasteiger partial charge < -0.3 is 5.32 Å². The second-order valence-corrected chi connectivity index (χ2v) is 4.71. The molecule has 0 fully saturated rings. The van der Waals surface area contributed by atoms with Crippen molar-refractivity contribution in [3.8, 4) is 0 Å². The number of benzene rings is 1. The van der Waals surface area contributed by atoms with E-state index in [1.165, 1.54) is 12.1 Å². The fourth-order valence-corrected chi connectivity index (χ4v) is 1.85. The van der Waals surface area contributed by atoms with Crippen LogP contribution in [0.3, 0.4) is 0 Å². The van der Waals surface area contributed by atoms with E-state index in [1.807, 2.05) is 6.07 Å². The minimum absolute atomic E-state index is 0.418. The van der Waals surface area contributed by atoms with Crippen molar-refractivity contribution in [2.45, 2.75) is 12.7 Å².